The second kappa shape index (κ2) is 8.11. The highest BCUT2D eigenvalue weighted by molar-refractivity contribution is 5.67. The smallest absolute Gasteiger partial charge is 0.255 e. The fourth-order valence-electron chi connectivity index (χ4n) is 3.41. The van der Waals surface area contributed by atoms with Gasteiger partial charge in [0.1, 0.15) is 17.1 Å². The molecule has 7 heteroatoms. The lowest BCUT2D eigenvalue weighted by atomic mass is 10.2. The van der Waals surface area contributed by atoms with Crippen LogP contribution in [0.3, 0.4) is 0 Å². The van der Waals surface area contributed by atoms with Gasteiger partial charge in [0, 0.05) is 5.56 Å². The van der Waals surface area contributed by atoms with Crippen molar-refractivity contribution in [1.29, 1.82) is 0 Å². The van der Waals surface area contributed by atoms with E-state index < -0.39 is 0 Å². The van der Waals surface area contributed by atoms with Crippen LogP contribution in [0.25, 0.3) is 28.6 Å². The fourth-order valence-corrected chi connectivity index (χ4v) is 3.41. The minimum Gasteiger partial charge on any atom is -0.438 e. The molecule has 5 aromatic rings. The molecule has 0 bridgehead atoms. The third kappa shape index (κ3) is 3.76. The lowest BCUT2D eigenvalue weighted by molar-refractivity contribution is 0.443. The fraction of sp³-hybridized carbons (Fsp3) is 0.0800. The van der Waals surface area contributed by atoms with Gasteiger partial charge in [-0.2, -0.15) is 9.78 Å². The van der Waals surface area contributed by atoms with Crippen LogP contribution >= 0.6 is 0 Å². The molecule has 6 nitrogen and oxygen atoms in total. The van der Waals surface area contributed by atoms with Gasteiger partial charge in [0.25, 0.3) is 5.89 Å². The molecule has 5 rings (SSSR count). The number of ether oxygens (including phenoxy) is 1. The van der Waals surface area contributed by atoms with Gasteiger partial charge >= 0.3 is 0 Å². The number of para-hydroxylation sites is 1. The molecule has 0 fully saturated rings. The highest BCUT2D eigenvalue weighted by Crippen LogP contribution is 2.38. The molecule has 0 saturated heterocycles. The second-order valence-electron chi connectivity index (χ2n) is 7.35. The number of hydrogen-bond acceptors (Lipinski definition) is 5. The Balaban J connectivity index is 1.63. The summed E-state index contributed by atoms with van der Waals surface area (Å²) < 4.78 is 27.3. The molecule has 0 amide bonds. The largest absolute Gasteiger partial charge is 0.438 e. The molecule has 0 aliphatic carbocycles. The molecule has 158 valence electrons. The van der Waals surface area contributed by atoms with Gasteiger partial charge in [0.05, 0.1) is 11.4 Å². The van der Waals surface area contributed by atoms with Crippen molar-refractivity contribution < 1.29 is 13.5 Å². The first kappa shape index (κ1) is 19.7. The van der Waals surface area contributed by atoms with E-state index in [1.54, 1.807) is 16.8 Å². The van der Waals surface area contributed by atoms with E-state index in [-0.39, 0.29) is 17.6 Å². The van der Waals surface area contributed by atoms with E-state index >= 15 is 0 Å². The van der Waals surface area contributed by atoms with Crippen molar-refractivity contribution >= 4 is 0 Å². The van der Waals surface area contributed by atoms with Crippen molar-refractivity contribution in [1.82, 2.24) is 20.0 Å². The van der Waals surface area contributed by atoms with Crippen LogP contribution in [-0.2, 0) is 0 Å². The summed E-state index contributed by atoms with van der Waals surface area (Å²) in [6, 6.07) is 23.3. The van der Waals surface area contributed by atoms with E-state index in [0.29, 0.717) is 28.5 Å². The van der Waals surface area contributed by atoms with Gasteiger partial charge in [-0.05, 0) is 67.9 Å². The SMILES string of the molecule is Cc1cccc(Oc2c(-c3nnc(-c4ccc(F)cc4)o3)c(C)nn2-c2ccccc2)c1. The third-order valence-corrected chi connectivity index (χ3v) is 4.95. The van der Waals surface area contributed by atoms with Gasteiger partial charge in [-0.1, -0.05) is 30.3 Å². The van der Waals surface area contributed by atoms with Crippen LogP contribution < -0.4 is 4.74 Å². The lowest BCUT2D eigenvalue weighted by Crippen LogP contribution is -2.00. The molecule has 0 N–H and O–H groups in total. The van der Waals surface area contributed by atoms with Crippen LogP contribution in [0.1, 0.15) is 11.3 Å². The quantitative estimate of drug-likeness (QED) is 0.338. The molecular formula is C25H19FN4O2. The van der Waals surface area contributed by atoms with Crippen molar-refractivity contribution in [2.75, 3.05) is 0 Å². The molecule has 0 atom stereocenters. The molecule has 2 heterocycles. The van der Waals surface area contributed by atoms with Crippen LogP contribution in [0.2, 0.25) is 0 Å². The number of nitrogens with zero attached hydrogens (tertiary/aromatic N) is 4. The molecule has 0 aliphatic rings. The van der Waals surface area contributed by atoms with Crippen LogP contribution in [0, 0.1) is 19.7 Å². The summed E-state index contributed by atoms with van der Waals surface area (Å²) >= 11 is 0. The molecule has 3 aromatic carbocycles. The van der Waals surface area contributed by atoms with Crippen molar-refractivity contribution in [2.24, 2.45) is 0 Å². The summed E-state index contributed by atoms with van der Waals surface area (Å²) in [7, 11) is 0. The standard InChI is InChI=1S/C25H19FN4O2/c1-16-7-6-10-21(15-16)31-25-22(17(2)29-30(25)20-8-4-3-5-9-20)24-28-27-23(32-24)18-11-13-19(26)14-12-18/h3-15H,1-2H3. The zero-order chi connectivity index (χ0) is 22.1. The summed E-state index contributed by atoms with van der Waals surface area (Å²) in [5.74, 6) is 1.36. The first-order valence-electron chi connectivity index (χ1n) is 10.1. The Morgan fingerprint density at radius 2 is 1.59 bits per heavy atom. The Labute approximate surface area is 183 Å². The summed E-state index contributed by atoms with van der Waals surface area (Å²) in [4.78, 5) is 0. The summed E-state index contributed by atoms with van der Waals surface area (Å²) in [6.07, 6.45) is 0. The van der Waals surface area contributed by atoms with Crippen molar-refractivity contribution in [2.45, 2.75) is 13.8 Å². The molecule has 0 saturated carbocycles. The van der Waals surface area contributed by atoms with Crippen molar-refractivity contribution in [3.8, 4) is 40.2 Å². The molecule has 0 radical (unpaired) electrons. The van der Waals surface area contributed by atoms with Crippen LogP contribution in [0.15, 0.2) is 83.3 Å². The van der Waals surface area contributed by atoms with Crippen LogP contribution in [0.5, 0.6) is 11.6 Å². The minimum atomic E-state index is -0.331. The van der Waals surface area contributed by atoms with E-state index in [2.05, 4.69) is 15.3 Å². The third-order valence-electron chi connectivity index (χ3n) is 4.95. The number of benzene rings is 3. The Hall–Kier alpha value is -4.26. The van der Waals surface area contributed by atoms with Crippen molar-refractivity contribution in [3.05, 3.63) is 95.9 Å². The van der Waals surface area contributed by atoms with E-state index in [1.807, 2.05) is 68.4 Å². The highest BCUT2D eigenvalue weighted by Gasteiger charge is 2.25. The number of hydrogen-bond donors (Lipinski definition) is 0. The summed E-state index contributed by atoms with van der Waals surface area (Å²) in [6.45, 7) is 3.86. The summed E-state index contributed by atoms with van der Waals surface area (Å²) in [5.41, 5.74) is 3.80. The van der Waals surface area contributed by atoms with Crippen LogP contribution in [-0.4, -0.2) is 20.0 Å². The van der Waals surface area contributed by atoms with Gasteiger partial charge < -0.3 is 9.15 Å². The Bertz CT molecular complexity index is 1380. The molecule has 0 spiro atoms. The average molecular weight is 426 g/mol. The molecule has 0 aliphatic heterocycles. The highest BCUT2D eigenvalue weighted by atomic mass is 19.1. The Morgan fingerprint density at radius 3 is 2.34 bits per heavy atom. The topological polar surface area (TPSA) is 66.0 Å². The molecule has 2 aromatic heterocycles. The lowest BCUT2D eigenvalue weighted by Gasteiger charge is -2.10. The Kier molecular flexibility index (Phi) is 4.99. The zero-order valence-electron chi connectivity index (χ0n) is 17.5. The van der Waals surface area contributed by atoms with Gasteiger partial charge in [0.15, 0.2) is 0 Å². The number of rotatable bonds is 5. The molecular weight excluding hydrogens is 407 g/mol. The van der Waals surface area contributed by atoms with Gasteiger partial charge in [-0.3, -0.25) is 0 Å². The van der Waals surface area contributed by atoms with Crippen molar-refractivity contribution in [3.63, 3.8) is 0 Å². The number of halogens is 1. The number of aryl methyl sites for hydroxylation is 2. The first-order chi connectivity index (χ1) is 15.6. The minimum absolute atomic E-state index is 0.270. The normalized spacial score (nSPS) is 11.0. The van der Waals surface area contributed by atoms with E-state index in [1.165, 1.54) is 12.1 Å². The monoisotopic (exact) mass is 426 g/mol. The van der Waals surface area contributed by atoms with E-state index in [4.69, 9.17) is 9.15 Å². The maximum Gasteiger partial charge on any atom is 0.255 e. The van der Waals surface area contributed by atoms with E-state index in [9.17, 15) is 4.39 Å². The van der Waals surface area contributed by atoms with E-state index in [0.717, 1.165) is 11.3 Å². The van der Waals surface area contributed by atoms with Crippen LogP contribution in [0.4, 0.5) is 4.39 Å². The number of aromatic nitrogens is 4. The second-order valence-corrected chi connectivity index (χ2v) is 7.35. The maximum atomic E-state index is 13.3. The first-order valence-corrected chi connectivity index (χ1v) is 10.1. The molecule has 32 heavy (non-hydrogen) atoms. The predicted octanol–water partition coefficient (Wildman–Crippen LogP) is 6.14. The molecule has 0 unspecified atom stereocenters. The Morgan fingerprint density at radius 1 is 0.844 bits per heavy atom. The zero-order valence-corrected chi connectivity index (χ0v) is 17.5. The van der Waals surface area contributed by atoms with Gasteiger partial charge in [0.2, 0.25) is 11.8 Å². The van der Waals surface area contributed by atoms with Gasteiger partial charge in [-0.15, -0.1) is 10.2 Å². The van der Waals surface area contributed by atoms with Gasteiger partial charge in [-0.25, -0.2) is 4.39 Å². The summed E-state index contributed by atoms with van der Waals surface area (Å²) in [5, 5.41) is 13.1. The average Bonchev–Trinajstić information content (AvgIpc) is 3.39. The maximum absolute atomic E-state index is 13.3. The predicted molar refractivity (Wildman–Crippen MR) is 118 cm³/mol.